The third kappa shape index (κ3) is 1.47. The lowest BCUT2D eigenvalue weighted by molar-refractivity contribution is -0.120. The highest BCUT2D eigenvalue weighted by Crippen LogP contribution is 2.25. The smallest absolute Gasteiger partial charge is 0.298 e. The summed E-state index contributed by atoms with van der Waals surface area (Å²) in [6.07, 6.45) is 0. The van der Waals surface area contributed by atoms with E-state index in [-0.39, 0.29) is 16.6 Å². The number of carbonyl (C=O) groups excluding carboxylic acids is 1. The summed E-state index contributed by atoms with van der Waals surface area (Å²) in [6, 6.07) is 11.8. The molecule has 0 unspecified atom stereocenters. The molecule has 0 spiro atoms. The third-order valence-electron chi connectivity index (χ3n) is 2.74. The lowest BCUT2D eigenvalue weighted by atomic mass is 10.1. The molecule has 0 fully saturated rings. The Balaban J connectivity index is 2.53. The van der Waals surface area contributed by atoms with E-state index in [4.69, 9.17) is 9.15 Å². The van der Waals surface area contributed by atoms with Crippen LogP contribution in [0.4, 0.5) is 0 Å². The molecule has 3 aromatic rings. The zero-order chi connectivity index (χ0) is 12.5. The second-order valence-corrected chi connectivity index (χ2v) is 3.77. The van der Waals surface area contributed by atoms with Crippen molar-refractivity contribution in [2.24, 2.45) is 0 Å². The van der Waals surface area contributed by atoms with Crippen molar-refractivity contribution in [2.45, 2.75) is 0 Å². The fourth-order valence-corrected chi connectivity index (χ4v) is 1.97. The van der Waals surface area contributed by atoms with Gasteiger partial charge >= 0.3 is 0 Å². The zero-order valence-electron chi connectivity index (χ0n) is 9.25. The van der Waals surface area contributed by atoms with Crippen molar-refractivity contribution < 1.29 is 13.9 Å². The van der Waals surface area contributed by atoms with Crippen LogP contribution in [-0.2, 0) is 4.79 Å². The molecule has 0 saturated carbocycles. The summed E-state index contributed by atoms with van der Waals surface area (Å²) >= 11 is 0. The average molecular weight is 240 g/mol. The van der Waals surface area contributed by atoms with Crippen LogP contribution in [0.15, 0.2) is 51.7 Å². The SMILES string of the molecule is O=COc1cccc2oc3ccccc3c(=O)c12. The van der Waals surface area contributed by atoms with Crippen LogP contribution in [0.25, 0.3) is 21.9 Å². The van der Waals surface area contributed by atoms with Crippen LogP contribution >= 0.6 is 0 Å². The number of rotatable bonds is 2. The Morgan fingerprint density at radius 2 is 1.78 bits per heavy atom. The van der Waals surface area contributed by atoms with Gasteiger partial charge in [-0.1, -0.05) is 18.2 Å². The Bertz CT molecular complexity index is 802. The summed E-state index contributed by atoms with van der Waals surface area (Å²) in [6.45, 7) is 0.295. The van der Waals surface area contributed by atoms with Crippen molar-refractivity contribution in [3.8, 4) is 5.75 Å². The van der Waals surface area contributed by atoms with E-state index >= 15 is 0 Å². The highest BCUT2D eigenvalue weighted by molar-refractivity contribution is 5.93. The number of benzene rings is 2. The molecule has 88 valence electrons. The molecule has 1 aromatic heterocycles. The summed E-state index contributed by atoms with van der Waals surface area (Å²) in [5, 5.41) is 0.746. The molecule has 1 heterocycles. The van der Waals surface area contributed by atoms with Gasteiger partial charge in [-0.2, -0.15) is 0 Å². The molecule has 18 heavy (non-hydrogen) atoms. The van der Waals surface area contributed by atoms with Gasteiger partial charge in [0.25, 0.3) is 6.47 Å². The lowest BCUT2D eigenvalue weighted by Gasteiger charge is -2.04. The van der Waals surface area contributed by atoms with Gasteiger partial charge in [-0.25, -0.2) is 0 Å². The first-order chi connectivity index (χ1) is 8.81. The maximum absolute atomic E-state index is 12.3. The van der Waals surface area contributed by atoms with Crippen molar-refractivity contribution in [3.63, 3.8) is 0 Å². The summed E-state index contributed by atoms with van der Waals surface area (Å²) in [5.41, 5.74) is 0.709. The Hall–Kier alpha value is -2.62. The first-order valence-corrected chi connectivity index (χ1v) is 5.36. The molecular formula is C14H8O4. The fourth-order valence-electron chi connectivity index (χ4n) is 1.97. The highest BCUT2D eigenvalue weighted by atomic mass is 16.5. The first kappa shape index (κ1) is 10.5. The van der Waals surface area contributed by atoms with Crippen molar-refractivity contribution in [3.05, 3.63) is 52.7 Å². The van der Waals surface area contributed by atoms with Crippen molar-refractivity contribution in [1.82, 2.24) is 0 Å². The second-order valence-electron chi connectivity index (χ2n) is 3.77. The molecule has 3 rings (SSSR count). The van der Waals surface area contributed by atoms with E-state index in [0.29, 0.717) is 23.0 Å². The van der Waals surface area contributed by atoms with Crippen molar-refractivity contribution >= 4 is 28.4 Å². The minimum Gasteiger partial charge on any atom is -0.456 e. The van der Waals surface area contributed by atoms with Gasteiger partial charge in [-0.3, -0.25) is 9.59 Å². The summed E-state index contributed by atoms with van der Waals surface area (Å²) in [5.74, 6) is 0.210. The predicted octanol–water partition coefficient (Wildman–Crippen LogP) is 2.48. The summed E-state index contributed by atoms with van der Waals surface area (Å²) in [4.78, 5) is 22.8. The van der Waals surface area contributed by atoms with Crippen molar-refractivity contribution in [2.75, 3.05) is 0 Å². The van der Waals surface area contributed by atoms with Crippen LogP contribution in [0.1, 0.15) is 0 Å². The maximum Gasteiger partial charge on any atom is 0.298 e. The summed E-state index contributed by atoms with van der Waals surface area (Å²) in [7, 11) is 0. The Kier molecular flexibility index (Phi) is 2.34. The van der Waals surface area contributed by atoms with Gasteiger partial charge in [0, 0.05) is 0 Å². The summed E-state index contributed by atoms with van der Waals surface area (Å²) < 4.78 is 10.4. The topological polar surface area (TPSA) is 56.5 Å². The molecular weight excluding hydrogens is 232 g/mol. The van der Waals surface area contributed by atoms with E-state index in [9.17, 15) is 9.59 Å². The van der Waals surface area contributed by atoms with E-state index in [1.54, 1.807) is 42.5 Å². The van der Waals surface area contributed by atoms with Crippen LogP contribution in [0.3, 0.4) is 0 Å². The van der Waals surface area contributed by atoms with Gasteiger partial charge in [0.05, 0.1) is 5.39 Å². The predicted molar refractivity (Wildman–Crippen MR) is 66.7 cm³/mol. The van der Waals surface area contributed by atoms with E-state index in [1.165, 1.54) is 0 Å². The number of fused-ring (bicyclic) bond motifs is 2. The van der Waals surface area contributed by atoms with Crippen LogP contribution in [0, 0.1) is 0 Å². The van der Waals surface area contributed by atoms with E-state index in [2.05, 4.69) is 0 Å². The fraction of sp³-hybridized carbons (Fsp3) is 0. The zero-order valence-corrected chi connectivity index (χ0v) is 9.25. The molecule has 0 saturated heterocycles. The standard InChI is InChI=1S/C14H8O4/c15-8-17-11-6-3-7-12-13(11)14(16)9-4-1-2-5-10(9)18-12/h1-8H. The molecule has 0 amide bonds. The average Bonchev–Trinajstić information content (AvgIpc) is 2.39. The Morgan fingerprint density at radius 3 is 2.61 bits per heavy atom. The Morgan fingerprint density at radius 1 is 1.00 bits per heavy atom. The van der Waals surface area contributed by atoms with Gasteiger partial charge in [0.1, 0.15) is 22.3 Å². The quantitative estimate of drug-likeness (QED) is 0.510. The Labute approximate surface area is 101 Å². The first-order valence-electron chi connectivity index (χ1n) is 5.36. The second kappa shape index (κ2) is 4.00. The van der Waals surface area contributed by atoms with Crippen LogP contribution in [-0.4, -0.2) is 6.47 Å². The number of ether oxygens (including phenoxy) is 1. The minimum absolute atomic E-state index is 0.204. The normalized spacial score (nSPS) is 10.7. The molecule has 0 bridgehead atoms. The van der Waals surface area contributed by atoms with Crippen LogP contribution < -0.4 is 10.2 Å². The van der Waals surface area contributed by atoms with E-state index in [1.807, 2.05) is 0 Å². The van der Waals surface area contributed by atoms with Gasteiger partial charge in [-0.05, 0) is 24.3 Å². The molecule has 0 atom stereocenters. The monoisotopic (exact) mass is 240 g/mol. The molecule has 4 nitrogen and oxygen atoms in total. The molecule has 0 N–H and O–H groups in total. The van der Waals surface area contributed by atoms with Gasteiger partial charge in [0.2, 0.25) is 5.43 Å². The van der Waals surface area contributed by atoms with Crippen LogP contribution in [0.5, 0.6) is 5.75 Å². The molecule has 0 aliphatic rings. The molecule has 0 aliphatic heterocycles. The lowest BCUT2D eigenvalue weighted by Crippen LogP contribution is -2.04. The van der Waals surface area contributed by atoms with Gasteiger partial charge in [0.15, 0.2) is 0 Å². The molecule has 2 aromatic carbocycles. The number of para-hydroxylation sites is 1. The third-order valence-corrected chi connectivity index (χ3v) is 2.74. The van der Waals surface area contributed by atoms with Gasteiger partial charge in [-0.15, -0.1) is 0 Å². The number of carbonyl (C=O) groups is 1. The van der Waals surface area contributed by atoms with Crippen LogP contribution in [0.2, 0.25) is 0 Å². The minimum atomic E-state index is -0.204. The number of hydrogen-bond acceptors (Lipinski definition) is 4. The molecule has 4 heteroatoms. The number of hydrogen-bond donors (Lipinski definition) is 0. The largest absolute Gasteiger partial charge is 0.456 e. The van der Waals surface area contributed by atoms with Gasteiger partial charge < -0.3 is 9.15 Å². The van der Waals surface area contributed by atoms with Crippen molar-refractivity contribution in [1.29, 1.82) is 0 Å². The maximum atomic E-state index is 12.3. The van der Waals surface area contributed by atoms with E-state index < -0.39 is 0 Å². The highest BCUT2D eigenvalue weighted by Gasteiger charge is 2.11. The molecule has 0 radical (unpaired) electrons. The van der Waals surface area contributed by atoms with E-state index in [0.717, 1.165) is 0 Å². The molecule has 0 aliphatic carbocycles.